The predicted molar refractivity (Wildman–Crippen MR) is 72.3 cm³/mol. The second kappa shape index (κ2) is 6.15. The van der Waals surface area contributed by atoms with E-state index in [0.717, 1.165) is 5.56 Å². The second-order valence-corrected chi connectivity index (χ2v) is 4.37. The van der Waals surface area contributed by atoms with Gasteiger partial charge in [0.05, 0.1) is 6.33 Å². The van der Waals surface area contributed by atoms with Crippen molar-refractivity contribution in [1.29, 1.82) is 0 Å². The van der Waals surface area contributed by atoms with Crippen LogP contribution in [0, 0.1) is 0 Å². The highest BCUT2D eigenvalue weighted by Crippen LogP contribution is 2.10. The molecule has 98 valence electrons. The van der Waals surface area contributed by atoms with E-state index < -0.39 is 11.5 Å². The van der Waals surface area contributed by atoms with Crippen molar-refractivity contribution < 1.29 is 4.79 Å². The van der Waals surface area contributed by atoms with E-state index in [1.54, 1.807) is 6.07 Å². The Morgan fingerprint density at radius 2 is 2.26 bits per heavy atom. The van der Waals surface area contributed by atoms with Gasteiger partial charge in [-0.2, -0.15) is 0 Å². The van der Waals surface area contributed by atoms with Gasteiger partial charge in [0.25, 0.3) is 11.5 Å². The number of carbonyl (C=O) groups excluding carboxylic acids is 1. The first-order chi connectivity index (χ1) is 9.16. The Morgan fingerprint density at radius 3 is 3.00 bits per heavy atom. The number of aromatic nitrogens is 2. The number of hydrogen-bond acceptors (Lipinski definition) is 3. The minimum absolute atomic E-state index is 0.00796. The van der Waals surface area contributed by atoms with E-state index in [4.69, 9.17) is 11.6 Å². The van der Waals surface area contributed by atoms with Crippen LogP contribution in [0.1, 0.15) is 15.9 Å². The topological polar surface area (TPSA) is 74.8 Å². The molecule has 1 amide bonds. The molecule has 0 spiro atoms. The van der Waals surface area contributed by atoms with Gasteiger partial charge in [0.15, 0.2) is 0 Å². The van der Waals surface area contributed by atoms with Gasteiger partial charge < -0.3 is 10.3 Å². The fraction of sp³-hybridized carbons (Fsp3) is 0.154. The molecule has 1 aromatic heterocycles. The molecule has 0 fully saturated rings. The molecule has 2 aromatic rings. The van der Waals surface area contributed by atoms with Gasteiger partial charge in [-0.3, -0.25) is 9.59 Å². The van der Waals surface area contributed by atoms with E-state index in [1.807, 2.05) is 18.2 Å². The van der Waals surface area contributed by atoms with Crippen LogP contribution in [0.3, 0.4) is 0 Å². The number of nitrogens with zero attached hydrogens (tertiary/aromatic N) is 1. The van der Waals surface area contributed by atoms with Crippen LogP contribution >= 0.6 is 11.6 Å². The summed E-state index contributed by atoms with van der Waals surface area (Å²) in [5.74, 6) is -0.434. The Labute approximate surface area is 114 Å². The maximum atomic E-state index is 11.7. The summed E-state index contributed by atoms with van der Waals surface area (Å²) < 4.78 is 0. The lowest BCUT2D eigenvalue weighted by molar-refractivity contribution is 0.0952. The average Bonchev–Trinajstić information content (AvgIpc) is 2.39. The summed E-state index contributed by atoms with van der Waals surface area (Å²) in [6.45, 7) is 0.424. The number of H-pyrrole nitrogens is 1. The number of halogens is 1. The van der Waals surface area contributed by atoms with Crippen LogP contribution in [0.4, 0.5) is 0 Å². The van der Waals surface area contributed by atoms with E-state index in [-0.39, 0.29) is 5.56 Å². The maximum absolute atomic E-state index is 11.7. The van der Waals surface area contributed by atoms with Gasteiger partial charge in [0, 0.05) is 17.8 Å². The van der Waals surface area contributed by atoms with Crippen LogP contribution in [0.25, 0.3) is 0 Å². The number of benzene rings is 1. The van der Waals surface area contributed by atoms with Crippen LogP contribution in [0.5, 0.6) is 0 Å². The zero-order valence-corrected chi connectivity index (χ0v) is 10.8. The van der Waals surface area contributed by atoms with Crippen molar-refractivity contribution in [3.63, 3.8) is 0 Å². The Morgan fingerprint density at radius 1 is 1.42 bits per heavy atom. The molecular formula is C13H12ClN3O2. The van der Waals surface area contributed by atoms with Crippen LogP contribution < -0.4 is 10.9 Å². The molecule has 2 N–H and O–H groups in total. The lowest BCUT2D eigenvalue weighted by Crippen LogP contribution is -2.31. The average molecular weight is 278 g/mol. The Kier molecular flexibility index (Phi) is 4.30. The van der Waals surface area contributed by atoms with Crippen LogP contribution in [-0.2, 0) is 6.42 Å². The lowest BCUT2D eigenvalue weighted by Gasteiger charge is -2.04. The summed E-state index contributed by atoms with van der Waals surface area (Å²) in [7, 11) is 0. The molecule has 6 heteroatoms. The standard InChI is InChI=1S/C13H12ClN3O2/c14-10-3-1-2-9(6-10)4-5-16-12(18)11-7-15-8-17-13(11)19/h1-3,6-8H,4-5H2,(H,16,18)(H,15,17,19). The summed E-state index contributed by atoms with van der Waals surface area (Å²) in [5, 5.41) is 3.33. The van der Waals surface area contributed by atoms with Crippen molar-refractivity contribution in [3.8, 4) is 0 Å². The van der Waals surface area contributed by atoms with Crippen molar-refractivity contribution >= 4 is 17.5 Å². The molecule has 1 heterocycles. The summed E-state index contributed by atoms with van der Waals surface area (Å²) in [4.78, 5) is 29.2. The Bertz CT molecular complexity index is 640. The summed E-state index contributed by atoms with van der Waals surface area (Å²) in [6, 6.07) is 7.41. The van der Waals surface area contributed by atoms with Crippen LogP contribution in [0.2, 0.25) is 5.02 Å². The zero-order valence-electron chi connectivity index (χ0n) is 10.0. The molecule has 2 rings (SSSR count). The molecule has 0 unspecified atom stereocenters. The molecule has 0 atom stereocenters. The highest BCUT2D eigenvalue weighted by molar-refractivity contribution is 6.30. The molecule has 0 bridgehead atoms. The molecule has 5 nitrogen and oxygen atoms in total. The summed E-state index contributed by atoms with van der Waals surface area (Å²) in [5.41, 5.74) is 0.580. The molecule has 0 radical (unpaired) electrons. The van der Waals surface area contributed by atoms with E-state index in [9.17, 15) is 9.59 Å². The lowest BCUT2D eigenvalue weighted by atomic mass is 10.1. The first kappa shape index (κ1) is 13.3. The monoisotopic (exact) mass is 277 g/mol. The summed E-state index contributed by atoms with van der Waals surface area (Å²) >= 11 is 5.86. The number of amides is 1. The zero-order chi connectivity index (χ0) is 13.7. The van der Waals surface area contributed by atoms with Gasteiger partial charge in [-0.25, -0.2) is 4.98 Å². The molecule has 0 saturated heterocycles. The van der Waals surface area contributed by atoms with E-state index in [2.05, 4.69) is 15.3 Å². The van der Waals surface area contributed by atoms with E-state index in [1.165, 1.54) is 12.5 Å². The fourth-order valence-electron chi connectivity index (χ4n) is 1.61. The van der Waals surface area contributed by atoms with Gasteiger partial charge in [-0.1, -0.05) is 23.7 Å². The normalized spacial score (nSPS) is 10.2. The third-order valence-corrected chi connectivity index (χ3v) is 2.79. The smallest absolute Gasteiger partial charge is 0.263 e. The number of carbonyl (C=O) groups is 1. The Balaban J connectivity index is 1.91. The number of aromatic amines is 1. The molecule has 0 saturated carbocycles. The number of nitrogens with one attached hydrogen (secondary N) is 2. The third-order valence-electron chi connectivity index (χ3n) is 2.55. The SMILES string of the molecule is O=C(NCCc1cccc(Cl)c1)c1cnc[nH]c1=O. The van der Waals surface area contributed by atoms with Crippen LogP contribution in [-0.4, -0.2) is 22.4 Å². The minimum atomic E-state index is -0.449. The molecular weight excluding hydrogens is 266 g/mol. The second-order valence-electron chi connectivity index (χ2n) is 3.93. The van der Waals surface area contributed by atoms with Crippen molar-refractivity contribution in [3.05, 3.63) is 63.3 Å². The van der Waals surface area contributed by atoms with Gasteiger partial charge in [0.1, 0.15) is 5.56 Å². The van der Waals surface area contributed by atoms with Gasteiger partial charge in [0.2, 0.25) is 0 Å². The third kappa shape index (κ3) is 3.66. The highest BCUT2D eigenvalue weighted by Gasteiger charge is 2.09. The largest absolute Gasteiger partial charge is 0.351 e. The molecule has 0 aliphatic carbocycles. The van der Waals surface area contributed by atoms with Gasteiger partial charge in [-0.15, -0.1) is 0 Å². The molecule has 19 heavy (non-hydrogen) atoms. The fourth-order valence-corrected chi connectivity index (χ4v) is 1.83. The van der Waals surface area contributed by atoms with Crippen molar-refractivity contribution in [2.24, 2.45) is 0 Å². The molecule has 0 aliphatic rings. The molecule has 1 aromatic carbocycles. The van der Waals surface area contributed by atoms with Crippen molar-refractivity contribution in [1.82, 2.24) is 15.3 Å². The van der Waals surface area contributed by atoms with Gasteiger partial charge in [-0.05, 0) is 24.1 Å². The first-order valence-corrected chi connectivity index (χ1v) is 6.10. The predicted octanol–water partition coefficient (Wildman–Crippen LogP) is 1.40. The van der Waals surface area contributed by atoms with E-state index >= 15 is 0 Å². The highest BCUT2D eigenvalue weighted by atomic mass is 35.5. The van der Waals surface area contributed by atoms with E-state index in [0.29, 0.717) is 18.0 Å². The minimum Gasteiger partial charge on any atom is -0.351 e. The van der Waals surface area contributed by atoms with Crippen molar-refractivity contribution in [2.75, 3.05) is 6.54 Å². The molecule has 0 aliphatic heterocycles. The van der Waals surface area contributed by atoms with Crippen LogP contribution in [0.15, 0.2) is 41.6 Å². The Hall–Kier alpha value is -2.14. The van der Waals surface area contributed by atoms with Crippen molar-refractivity contribution in [2.45, 2.75) is 6.42 Å². The quantitative estimate of drug-likeness (QED) is 0.887. The summed E-state index contributed by atoms with van der Waals surface area (Å²) in [6.07, 6.45) is 3.13. The number of hydrogen-bond donors (Lipinski definition) is 2. The first-order valence-electron chi connectivity index (χ1n) is 5.72. The van der Waals surface area contributed by atoms with Gasteiger partial charge >= 0.3 is 0 Å². The maximum Gasteiger partial charge on any atom is 0.263 e. The number of rotatable bonds is 4.